The van der Waals surface area contributed by atoms with Gasteiger partial charge in [0.05, 0.1) is 0 Å². The Morgan fingerprint density at radius 2 is 1.95 bits per heavy atom. The lowest BCUT2D eigenvalue weighted by Crippen LogP contribution is -2.17. The molecular weight excluding hydrogens is 260 g/mol. The molecule has 21 heavy (non-hydrogen) atoms. The zero-order valence-corrected chi connectivity index (χ0v) is 12.8. The summed E-state index contributed by atoms with van der Waals surface area (Å²) in [7, 11) is 0. The number of anilines is 2. The Labute approximate surface area is 127 Å². The van der Waals surface area contributed by atoms with Crippen molar-refractivity contribution in [3.63, 3.8) is 0 Å². The molecule has 1 aliphatic heterocycles. The van der Waals surface area contributed by atoms with Gasteiger partial charge in [-0.2, -0.15) is 0 Å². The number of aryl methyl sites for hydroxylation is 1. The fourth-order valence-electron chi connectivity index (χ4n) is 3.58. The van der Waals surface area contributed by atoms with Crippen LogP contribution in [-0.4, -0.2) is 12.5 Å². The molecule has 3 heteroatoms. The highest BCUT2D eigenvalue weighted by molar-refractivity contribution is 5.91. The number of nitrogens with one attached hydrogen (secondary N) is 2. The molecule has 2 aliphatic rings. The summed E-state index contributed by atoms with van der Waals surface area (Å²) >= 11 is 0. The van der Waals surface area contributed by atoms with E-state index in [9.17, 15) is 4.79 Å². The molecule has 0 unspecified atom stereocenters. The van der Waals surface area contributed by atoms with E-state index in [1.54, 1.807) is 0 Å². The molecule has 2 N–H and O–H groups in total. The number of rotatable bonds is 3. The summed E-state index contributed by atoms with van der Waals surface area (Å²) in [4.78, 5) is 12.2. The SMILES string of the molecule is O=C(CC1CCCCCC1)Nc1ccc2c(c1)NCCC2. The van der Waals surface area contributed by atoms with E-state index in [1.807, 2.05) is 6.07 Å². The van der Waals surface area contributed by atoms with E-state index in [-0.39, 0.29) is 5.91 Å². The van der Waals surface area contributed by atoms with Crippen LogP contribution in [0.2, 0.25) is 0 Å². The van der Waals surface area contributed by atoms with Gasteiger partial charge in [0.15, 0.2) is 0 Å². The summed E-state index contributed by atoms with van der Waals surface area (Å²) < 4.78 is 0. The van der Waals surface area contributed by atoms with Crippen LogP contribution in [0.4, 0.5) is 11.4 Å². The Bertz CT molecular complexity index is 490. The van der Waals surface area contributed by atoms with Crippen LogP contribution < -0.4 is 10.6 Å². The Hall–Kier alpha value is -1.51. The number of hydrogen-bond acceptors (Lipinski definition) is 2. The molecule has 1 aromatic rings. The third-order valence-electron chi connectivity index (χ3n) is 4.78. The standard InChI is InChI=1S/C18H26N2O/c21-18(12-14-6-3-1-2-4-7-14)20-16-10-9-15-8-5-11-19-17(15)13-16/h9-10,13-14,19H,1-8,11-12H2,(H,20,21). The minimum Gasteiger partial charge on any atom is -0.385 e. The zero-order chi connectivity index (χ0) is 14.5. The van der Waals surface area contributed by atoms with Gasteiger partial charge < -0.3 is 10.6 Å². The largest absolute Gasteiger partial charge is 0.385 e. The lowest BCUT2D eigenvalue weighted by molar-refractivity contribution is -0.117. The molecule has 1 amide bonds. The first kappa shape index (κ1) is 14.4. The van der Waals surface area contributed by atoms with Crippen molar-refractivity contribution in [1.82, 2.24) is 0 Å². The van der Waals surface area contributed by atoms with Crippen molar-refractivity contribution in [2.45, 2.75) is 57.8 Å². The minimum absolute atomic E-state index is 0.178. The van der Waals surface area contributed by atoms with Crippen LogP contribution in [0.15, 0.2) is 18.2 Å². The summed E-state index contributed by atoms with van der Waals surface area (Å²) in [5.41, 5.74) is 3.48. The van der Waals surface area contributed by atoms with Crippen molar-refractivity contribution in [3.8, 4) is 0 Å². The molecule has 0 radical (unpaired) electrons. The van der Waals surface area contributed by atoms with E-state index >= 15 is 0 Å². The van der Waals surface area contributed by atoms with Gasteiger partial charge in [0.25, 0.3) is 0 Å². The summed E-state index contributed by atoms with van der Waals surface area (Å²) in [5, 5.41) is 6.50. The number of fused-ring (bicyclic) bond motifs is 1. The van der Waals surface area contributed by atoms with Gasteiger partial charge in [-0.15, -0.1) is 0 Å². The van der Waals surface area contributed by atoms with Crippen LogP contribution in [0.1, 0.15) is 56.9 Å². The molecule has 3 rings (SSSR count). The Balaban J connectivity index is 1.56. The highest BCUT2D eigenvalue weighted by atomic mass is 16.1. The van der Waals surface area contributed by atoms with Crippen molar-refractivity contribution in [2.75, 3.05) is 17.2 Å². The normalized spacial score (nSPS) is 19.2. The van der Waals surface area contributed by atoms with Gasteiger partial charge in [-0.1, -0.05) is 31.7 Å². The van der Waals surface area contributed by atoms with Crippen molar-refractivity contribution < 1.29 is 4.79 Å². The summed E-state index contributed by atoms with van der Waals surface area (Å²) in [6.07, 6.45) is 10.7. The van der Waals surface area contributed by atoms with Gasteiger partial charge in [-0.3, -0.25) is 4.79 Å². The molecule has 1 aliphatic carbocycles. The van der Waals surface area contributed by atoms with Crippen molar-refractivity contribution >= 4 is 17.3 Å². The highest BCUT2D eigenvalue weighted by Gasteiger charge is 2.16. The number of carbonyl (C=O) groups is 1. The lowest BCUT2D eigenvalue weighted by Gasteiger charge is -2.19. The fourth-order valence-corrected chi connectivity index (χ4v) is 3.58. The molecule has 3 nitrogen and oxygen atoms in total. The van der Waals surface area contributed by atoms with Gasteiger partial charge in [-0.05, 0) is 49.3 Å². The Kier molecular flexibility index (Phi) is 4.79. The monoisotopic (exact) mass is 286 g/mol. The Morgan fingerprint density at radius 3 is 2.76 bits per heavy atom. The van der Waals surface area contributed by atoms with E-state index in [0.29, 0.717) is 12.3 Å². The fraction of sp³-hybridized carbons (Fsp3) is 0.611. The first-order valence-corrected chi connectivity index (χ1v) is 8.48. The molecule has 1 fully saturated rings. The summed E-state index contributed by atoms with van der Waals surface area (Å²) in [6, 6.07) is 6.26. The van der Waals surface area contributed by atoms with Crippen molar-refractivity contribution in [3.05, 3.63) is 23.8 Å². The van der Waals surface area contributed by atoms with Crippen LogP contribution in [0.25, 0.3) is 0 Å². The van der Waals surface area contributed by atoms with Gasteiger partial charge >= 0.3 is 0 Å². The number of hydrogen-bond donors (Lipinski definition) is 2. The first-order valence-electron chi connectivity index (χ1n) is 8.48. The van der Waals surface area contributed by atoms with Crippen molar-refractivity contribution in [2.24, 2.45) is 5.92 Å². The second-order valence-corrected chi connectivity index (χ2v) is 6.51. The van der Waals surface area contributed by atoms with Gasteiger partial charge in [0.1, 0.15) is 0 Å². The van der Waals surface area contributed by atoms with Crippen molar-refractivity contribution in [1.29, 1.82) is 0 Å². The first-order chi connectivity index (χ1) is 10.3. The van der Waals surface area contributed by atoms with Crippen LogP contribution >= 0.6 is 0 Å². The number of benzene rings is 1. The molecule has 1 saturated carbocycles. The highest BCUT2D eigenvalue weighted by Crippen LogP contribution is 2.27. The predicted octanol–water partition coefficient (Wildman–Crippen LogP) is 4.34. The third-order valence-corrected chi connectivity index (χ3v) is 4.78. The van der Waals surface area contributed by atoms with Crippen LogP contribution in [0.3, 0.4) is 0 Å². The molecule has 1 aromatic carbocycles. The van der Waals surface area contributed by atoms with E-state index in [4.69, 9.17) is 0 Å². The zero-order valence-electron chi connectivity index (χ0n) is 12.8. The number of carbonyl (C=O) groups excluding carboxylic acids is 1. The van der Waals surface area contributed by atoms with Gasteiger partial charge in [0.2, 0.25) is 5.91 Å². The second-order valence-electron chi connectivity index (χ2n) is 6.51. The minimum atomic E-state index is 0.178. The molecule has 0 atom stereocenters. The van der Waals surface area contributed by atoms with Crippen LogP contribution in [0, 0.1) is 5.92 Å². The van der Waals surface area contributed by atoms with E-state index in [1.165, 1.54) is 56.2 Å². The molecule has 1 heterocycles. The smallest absolute Gasteiger partial charge is 0.224 e. The van der Waals surface area contributed by atoms with E-state index in [2.05, 4.69) is 22.8 Å². The number of amides is 1. The maximum Gasteiger partial charge on any atom is 0.224 e. The van der Waals surface area contributed by atoms with E-state index < -0.39 is 0 Å². The van der Waals surface area contributed by atoms with Crippen LogP contribution in [-0.2, 0) is 11.2 Å². The Morgan fingerprint density at radius 1 is 1.14 bits per heavy atom. The molecule has 0 aromatic heterocycles. The molecule has 0 spiro atoms. The molecule has 0 bridgehead atoms. The average Bonchev–Trinajstić information content (AvgIpc) is 2.75. The maximum absolute atomic E-state index is 12.2. The van der Waals surface area contributed by atoms with Gasteiger partial charge in [-0.25, -0.2) is 0 Å². The molecule has 0 saturated heterocycles. The maximum atomic E-state index is 12.2. The predicted molar refractivity (Wildman–Crippen MR) is 87.7 cm³/mol. The lowest BCUT2D eigenvalue weighted by atomic mass is 9.96. The summed E-state index contributed by atoms with van der Waals surface area (Å²) in [5.74, 6) is 0.765. The third kappa shape index (κ3) is 3.99. The summed E-state index contributed by atoms with van der Waals surface area (Å²) in [6.45, 7) is 1.03. The van der Waals surface area contributed by atoms with E-state index in [0.717, 1.165) is 18.7 Å². The molecule has 114 valence electrons. The topological polar surface area (TPSA) is 41.1 Å². The second kappa shape index (κ2) is 6.97. The van der Waals surface area contributed by atoms with Crippen LogP contribution in [0.5, 0.6) is 0 Å². The van der Waals surface area contributed by atoms with Gasteiger partial charge in [0, 0.05) is 24.3 Å². The average molecular weight is 286 g/mol. The quantitative estimate of drug-likeness (QED) is 0.811. The molecular formula is C18H26N2O.